The van der Waals surface area contributed by atoms with Gasteiger partial charge in [-0.3, -0.25) is 4.99 Å². The second-order valence-corrected chi connectivity index (χ2v) is 7.08. The SMILES string of the molecule is CN=C(NCCC1=CCCCC1)NCc1ncc(C(C)(C)C)o1.I. The van der Waals surface area contributed by atoms with Gasteiger partial charge in [-0.15, -0.1) is 24.0 Å². The summed E-state index contributed by atoms with van der Waals surface area (Å²) in [5.74, 6) is 2.38. The van der Waals surface area contributed by atoms with Crippen LogP contribution in [-0.4, -0.2) is 24.5 Å². The van der Waals surface area contributed by atoms with Crippen molar-refractivity contribution in [2.24, 2.45) is 4.99 Å². The van der Waals surface area contributed by atoms with Crippen LogP contribution in [0.15, 0.2) is 27.3 Å². The van der Waals surface area contributed by atoms with Gasteiger partial charge in [-0.05, 0) is 32.1 Å². The highest BCUT2D eigenvalue weighted by Gasteiger charge is 2.19. The van der Waals surface area contributed by atoms with Crippen LogP contribution in [0.2, 0.25) is 0 Å². The molecule has 0 fully saturated rings. The quantitative estimate of drug-likeness (QED) is 0.309. The minimum atomic E-state index is -0.0150. The van der Waals surface area contributed by atoms with E-state index < -0.39 is 0 Å². The first kappa shape index (κ1) is 21.0. The largest absolute Gasteiger partial charge is 0.443 e. The van der Waals surface area contributed by atoms with Gasteiger partial charge in [-0.25, -0.2) is 4.98 Å². The molecule has 1 aliphatic carbocycles. The van der Waals surface area contributed by atoms with Gasteiger partial charge in [0.25, 0.3) is 0 Å². The van der Waals surface area contributed by atoms with Crippen LogP contribution in [0.1, 0.15) is 64.5 Å². The minimum Gasteiger partial charge on any atom is -0.443 e. The van der Waals surface area contributed by atoms with Crippen molar-refractivity contribution in [2.45, 2.75) is 64.8 Å². The summed E-state index contributed by atoms with van der Waals surface area (Å²) in [5.41, 5.74) is 1.56. The number of rotatable bonds is 5. The minimum absolute atomic E-state index is 0. The number of nitrogens with one attached hydrogen (secondary N) is 2. The predicted octanol–water partition coefficient (Wildman–Crippen LogP) is 4.15. The fraction of sp³-hybridized carbons (Fsp3) is 0.667. The highest BCUT2D eigenvalue weighted by atomic mass is 127. The molecule has 1 aliphatic rings. The summed E-state index contributed by atoms with van der Waals surface area (Å²) in [6.45, 7) is 7.80. The van der Waals surface area contributed by atoms with Gasteiger partial charge < -0.3 is 15.1 Å². The third kappa shape index (κ3) is 6.83. The molecule has 1 heterocycles. The lowest BCUT2D eigenvalue weighted by molar-refractivity contribution is 0.379. The molecule has 1 aromatic rings. The number of nitrogens with zero attached hydrogens (tertiary/aromatic N) is 2. The molecule has 0 unspecified atom stereocenters. The smallest absolute Gasteiger partial charge is 0.213 e. The van der Waals surface area contributed by atoms with Crippen LogP contribution in [0.5, 0.6) is 0 Å². The number of halogens is 1. The third-order valence-electron chi connectivity index (χ3n) is 4.05. The van der Waals surface area contributed by atoms with Crippen molar-refractivity contribution in [3.8, 4) is 0 Å². The fourth-order valence-electron chi connectivity index (χ4n) is 2.59. The summed E-state index contributed by atoms with van der Waals surface area (Å²) >= 11 is 0. The van der Waals surface area contributed by atoms with Gasteiger partial charge in [0.05, 0.1) is 12.7 Å². The highest BCUT2D eigenvalue weighted by Crippen LogP contribution is 2.22. The number of aromatic nitrogens is 1. The Morgan fingerprint density at radius 3 is 2.67 bits per heavy atom. The van der Waals surface area contributed by atoms with Crippen molar-refractivity contribution in [1.29, 1.82) is 0 Å². The third-order valence-corrected chi connectivity index (χ3v) is 4.05. The van der Waals surface area contributed by atoms with Crippen molar-refractivity contribution < 1.29 is 4.42 Å². The maximum Gasteiger partial charge on any atom is 0.213 e. The first-order valence-electron chi connectivity index (χ1n) is 8.56. The van der Waals surface area contributed by atoms with E-state index in [4.69, 9.17) is 4.42 Å². The molecule has 24 heavy (non-hydrogen) atoms. The molecule has 2 rings (SSSR count). The lowest BCUT2D eigenvalue weighted by Gasteiger charge is -2.15. The van der Waals surface area contributed by atoms with Crippen LogP contribution < -0.4 is 10.6 Å². The molecule has 0 aliphatic heterocycles. The van der Waals surface area contributed by atoms with Gasteiger partial charge in [0.2, 0.25) is 5.89 Å². The molecular weight excluding hydrogens is 415 g/mol. The van der Waals surface area contributed by atoms with Crippen molar-refractivity contribution >= 4 is 29.9 Å². The number of allylic oxidation sites excluding steroid dienone is 1. The average molecular weight is 446 g/mol. The van der Waals surface area contributed by atoms with E-state index in [1.165, 1.54) is 25.7 Å². The highest BCUT2D eigenvalue weighted by molar-refractivity contribution is 14.0. The number of aliphatic imine (C=N–C) groups is 1. The lowest BCUT2D eigenvalue weighted by Crippen LogP contribution is -2.37. The molecule has 0 saturated carbocycles. The molecule has 0 spiro atoms. The van der Waals surface area contributed by atoms with Crippen LogP contribution >= 0.6 is 24.0 Å². The molecular formula is C18H31IN4O. The fourth-order valence-corrected chi connectivity index (χ4v) is 2.59. The molecule has 0 saturated heterocycles. The van der Waals surface area contributed by atoms with E-state index >= 15 is 0 Å². The van der Waals surface area contributed by atoms with Gasteiger partial charge in [0, 0.05) is 19.0 Å². The molecule has 1 aromatic heterocycles. The van der Waals surface area contributed by atoms with Crippen LogP contribution in [0.4, 0.5) is 0 Å². The molecule has 0 atom stereocenters. The number of hydrogen-bond donors (Lipinski definition) is 2. The van der Waals surface area contributed by atoms with E-state index in [0.717, 1.165) is 24.7 Å². The number of hydrogen-bond acceptors (Lipinski definition) is 3. The Kier molecular flexibility index (Phi) is 8.80. The van der Waals surface area contributed by atoms with Crippen LogP contribution in [-0.2, 0) is 12.0 Å². The van der Waals surface area contributed by atoms with E-state index in [1.807, 2.05) is 6.20 Å². The second-order valence-electron chi connectivity index (χ2n) is 7.08. The molecule has 5 nitrogen and oxygen atoms in total. The van der Waals surface area contributed by atoms with Crippen LogP contribution in [0, 0.1) is 0 Å². The second kappa shape index (κ2) is 10.1. The van der Waals surface area contributed by atoms with Crippen LogP contribution in [0.25, 0.3) is 0 Å². The van der Waals surface area contributed by atoms with E-state index in [0.29, 0.717) is 12.4 Å². The van der Waals surface area contributed by atoms with Gasteiger partial charge in [-0.1, -0.05) is 32.4 Å². The summed E-state index contributed by atoms with van der Waals surface area (Å²) in [6, 6.07) is 0. The Hall–Kier alpha value is -1.05. The van der Waals surface area contributed by atoms with Crippen molar-refractivity contribution in [3.63, 3.8) is 0 Å². The molecule has 0 bridgehead atoms. The Balaban J connectivity index is 0.00000288. The van der Waals surface area contributed by atoms with Gasteiger partial charge in [0.1, 0.15) is 5.76 Å². The summed E-state index contributed by atoms with van der Waals surface area (Å²) in [5, 5.41) is 6.60. The molecule has 136 valence electrons. The van der Waals surface area contributed by atoms with Crippen molar-refractivity contribution in [2.75, 3.05) is 13.6 Å². The Bertz CT molecular complexity index is 558. The standard InChI is InChI=1S/C18H30N4O.HI/c1-18(2,3)15-12-21-16(23-15)13-22-17(19-4)20-11-10-14-8-6-5-7-9-14;/h8,12H,5-7,9-11,13H2,1-4H3,(H2,19,20,22);1H. The monoisotopic (exact) mass is 446 g/mol. The van der Waals surface area contributed by atoms with Crippen molar-refractivity contribution in [1.82, 2.24) is 15.6 Å². The van der Waals surface area contributed by atoms with E-state index in [-0.39, 0.29) is 29.4 Å². The van der Waals surface area contributed by atoms with E-state index in [2.05, 4.69) is 47.5 Å². The van der Waals surface area contributed by atoms with Crippen LogP contribution in [0.3, 0.4) is 0 Å². The first-order valence-corrected chi connectivity index (χ1v) is 8.56. The zero-order valence-corrected chi connectivity index (χ0v) is 17.6. The van der Waals surface area contributed by atoms with Gasteiger partial charge in [0.15, 0.2) is 5.96 Å². The maximum absolute atomic E-state index is 5.78. The van der Waals surface area contributed by atoms with Gasteiger partial charge in [-0.2, -0.15) is 0 Å². The first-order chi connectivity index (χ1) is 11.0. The number of oxazole rings is 1. The lowest BCUT2D eigenvalue weighted by atomic mass is 9.94. The Labute approximate surface area is 162 Å². The summed E-state index contributed by atoms with van der Waals surface area (Å²) < 4.78 is 5.78. The normalized spacial score (nSPS) is 15.5. The Morgan fingerprint density at radius 1 is 1.29 bits per heavy atom. The zero-order valence-electron chi connectivity index (χ0n) is 15.3. The molecule has 0 amide bonds. The summed E-state index contributed by atoms with van der Waals surface area (Å²) in [7, 11) is 1.78. The molecule has 2 N–H and O–H groups in total. The number of guanidine groups is 1. The predicted molar refractivity (Wildman–Crippen MR) is 110 cm³/mol. The van der Waals surface area contributed by atoms with Crippen molar-refractivity contribution in [3.05, 3.63) is 29.5 Å². The summed E-state index contributed by atoms with van der Waals surface area (Å²) in [6.07, 6.45) is 10.5. The van der Waals surface area contributed by atoms with E-state index in [1.54, 1.807) is 12.6 Å². The zero-order chi connectivity index (χ0) is 16.7. The van der Waals surface area contributed by atoms with E-state index in [9.17, 15) is 0 Å². The average Bonchev–Trinajstić information content (AvgIpc) is 3.01. The molecule has 0 aromatic carbocycles. The Morgan fingerprint density at radius 2 is 2.08 bits per heavy atom. The summed E-state index contributed by atoms with van der Waals surface area (Å²) in [4.78, 5) is 8.57. The maximum atomic E-state index is 5.78. The van der Waals surface area contributed by atoms with Gasteiger partial charge >= 0.3 is 0 Å². The topological polar surface area (TPSA) is 62.5 Å². The molecule has 6 heteroatoms. The molecule has 0 radical (unpaired) electrons.